The third kappa shape index (κ3) is 6.75. The predicted molar refractivity (Wildman–Crippen MR) is 183 cm³/mol. The van der Waals surface area contributed by atoms with Crippen molar-refractivity contribution in [2.24, 2.45) is 0 Å². The summed E-state index contributed by atoms with van der Waals surface area (Å²) >= 11 is -2.93. The second-order valence-corrected chi connectivity index (χ2v) is 13.3. The number of carbonyl (C=O) groups excluding carboxylic acids is 2. The van der Waals surface area contributed by atoms with Gasteiger partial charge < -0.3 is 29.5 Å². The van der Waals surface area contributed by atoms with E-state index < -0.39 is 28.7 Å². The summed E-state index contributed by atoms with van der Waals surface area (Å²) in [7, 11) is 7.65. The van der Waals surface area contributed by atoms with Crippen molar-refractivity contribution in [1.82, 2.24) is 14.7 Å². The van der Waals surface area contributed by atoms with Crippen LogP contribution in [0.5, 0.6) is 11.5 Å². The maximum Gasteiger partial charge on any atom is 0.303 e. The normalized spacial score (nSPS) is 14.6. The van der Waals surface area contributed by atoms with Gasteiger partial charge in [0.05, 0.1) is 0 Å². The van der Waals surface area contributed by atoms with Gasteiger partial charge in [-0.2, -0.15) is 0 Å². The van der Waals surface area contributed by atoms with Crippen molar-refractivity contribution in [3.63, 3.8) is 0 Å². The number of amides is 2. The number of aliphatic carboxylic acids is 1. The molecule has 0 aliphatic carbocycles. The lowest BCUT2D eigenvalue weighted by molar-refractivity contribution is -0.137. The highest BCUT2D eigenvalue weighted by Gasteiger charge is 2.58. The minimum atomic E-state index is -2.93. The van der Waals surface area contributed by atoms with Gasteiger partial charge in [0.2, 0.25) is 5.91 Å². The monoisotopic (exact) mass is 676 g/mol. The zero-order chi connectivity index (χ0) is 34.6. The van der Waals surface area contributed by atoms with Crippen LogP contribution in [0.15, 0.2) is 60.7 Å². The lowest BCUT2D eigenvalue weighted by Gasteiger charge is -2.48. The number of rotatable bonds is 15. The fourth-order valence-corrected chi connectivity index (χ4v) is 7.02. The first-order chi connectivity index (χ1) is 23.0. The molecule has 0 aromatic heterocycles. The number of hydrazine groups is 1. The van der Waals surface area contributed by atoms with Crippen molar-refractivity contribution >= 4 is 40.4 Å². The van der Waals surface area contributed by atoms with Gasteiger partial charge in [-0.1, -0.05) is 49.6 Å². The molecule has 1 atom stereocenters. The summed E-state index contributed by atoms with van der Waals surface area (Å²) in [6, 6.07) is 18.4. The number of hydrogen-bond donors (Lipinski definition) is 2. The predicted octanol–water partition coefficient (Wildman–Crippen LogP) is 4.61. The number of nitrogens with one attached hydrogen (secondary N) is 1. The van der Waals surface area contributed by atoms with Crippen LogP contribution in [0.25, 0.3) is 0 Å². The van der Waals surface area contributed by atoms with Crippen LogP contribution in [-0.4, -0.2) is 82.4 Å². The molecule has 0 saturated heterocycles. The van der Waals surface area contributed by atoms with Crippen LogP contribution < -0.4 is 19.9 Å². The first-order valence-electron chi connectivity index (χ1n) is 16.1. The van der Waals surface area contributed by atoms with Gasteiger partial charge >= 0.3 is 5.97 Å². The second kappa shape index (κ2) is 14.8. The molecular weight excluding hydrogens is 634 g/mol. The van der Waals surface area contributed by atoms with E-state index in [2.05, 4.69) is 5.32 Å². The van der Waals surface area contributed by atoms with E-state index in [4.69, 9.17) is 9.84 Å². The van der Waals surface area contributed by atoms with Gasteiger partial charge in [-0.3, -0.25) is 18.6 Å². The first-order valence-corrected chi connectivity index (χ1v) is 17.1. The Labute approximate surface area is 283 Å². The molecule has 2 aliphatic rings. The third-order valence-corrected chi connectivity index (χ3v) is 9.52. The Morgan fingerprint density at radius 3 is 2.02 bits per heavy atom. The van der Waals surface area contributed by atoms with Crippen molar-refractivity contribution in [3.8, 4) is 11.5 Å². The van der Waals surface area contributed by atoms with E-state index in [0.717, 1.165) is 41.5 Å². The Morgan fingerprint density at radius 2 is 1.44 bits per heavy atom. The number of carbonyl (C=O) groups is 3. The molecule has 0 saturated carbocycles. The molecule has 3 aromatic carbocycles. The fourth-order valence-electron chi connectivity index (χ4n) is 6.45. The molecule has 2 N–H and O–H groups in total. The number of unbranched alkanes of at least 4 members (excludes halogenated alkanes) is 4. The fraction of sp³-hybridized carbons (Fsp3) is 0.400. The van der Waals surface area contributed by atoms with Gasteiger partial charge in [-0.05, 0) is 31.0 Å². The topological polar surface area (TPSA) is 146 Å². The minimum absolute atomic E-state index is 0.151. The summed E-state index contributed by atoms with van der Waals surface area (Å²) in [5.74, 6) is -0.686. The van der Waals surface area contributed by atoms with Gasteiger partial charge in [-0.15, -0.1) is 4.41 Å². The maximum absolute atomic E-state index is 14.4. The molecule has 2 amide bonds. The van der Waals surface area contributed by atoms with Crippen molar-refractivity contribution in [2.75, 3.05) is 51.1 Å². The summed E-state index contributed by atoms with van der Waals surface area (Å²) in [6.45, 7) is 0.145. The van der Waals surface area contributed by atoms with Gasteiger partial charge in [0, 0.05) is 111 Å². The van der Waals surface area contributed by atoms with Crippen LogP contribution in [0.4, 0.5) is 11.4 Å². The quantitative estimate of drug-likeness (QED) is 0.174. The second-order valence-electron chi connectivity index (χ2n) is 12.4. The standard InChI is InChI=1S/C35H43N5O7S/c1-37(2)24-15-17-28-30(22-24)47-31-23-25(38(3)4)16-18-29(31)35(28)27-13-10-9-12-26(27)34(44)40(35)39(48(45)46)21-19-32(41)36-20-11-7-5-6-8-14-33(42)43/h9-10,12-13,15-18,22-23H,5-8,11,14,19-21H2,1-4H3,(H,36,41)(H,42,43)(H,45,46)/p-1. The van der Waals surface area contributed by atoms with Crippen molar-refractivity contribution in [1.29, 1.82) is 0 Å². The third-order valence-electron chi connectivity index (χ3n) is 8.83. The van der Waals surface area contributed by atoms with E-state index in [-0.39, 0.29) is 25.3 Å². The number of ether oxygens (including phenoxy) is 1. The molecule has 256 valence electrons. The highest BCUT2D eigenvalue weighted by Crippen LogP contribution is 2.58. The molecule has 13 heteroatoms. The SMILES string of the molecule is CN(C)c1ccc2c(c1)Oc1cc(N(C)C)ccc1C21c2ccccc2C(=O)N1N(CCC(=O)NCCCCCCCC(=O)O)S(=O)[O-]. The van der Waals surface area contributed by atoms with Gasteiger partial charge in [-0.25, -0.2) is 5.01 Å². The molecular formula is C35H42N5O7S-. The van der Waals surface area contributed by atoms with Gasteiger partial charge in [0.25, 0.3) is 5.91 Å². The summed E-state index contributed by atoms with van der Waals surface area (Å²) in [5, 5.41) is 12.9. The van der Waals surface area contributed by atoms with E-state index in [1.807, 2.05) is 86.5 Å². The number of hydrogen-bond acceptors (Lipinski definition) is 8. The molecule has 0 bridgehead atoms. The number of anilines is 2. The van der Waals surface area contributed by atoms with Crippen LogP contribution >= 0.6 is 0 Å². The van der Waals surface area contributed by atoms with Gasteiger partial charge in [0.15, 0.2) is 0 Å². The Bertz CT molecular complexity index is 1650. The largest absolute Gasteiger partial charge is 0.758 e. The van der Waals surface area contributed by atoms with Crippen LogP contribution in [0.2, 0.25) is 0 Å². The number of fused-ring (bicyclic) bond motifs is 6. The van der Waals surface area contributed by atoms with Crippen LogP contribution in [0.3, 0.4) is 0 Å². The average Bonchev–Trinajstić information content (AvgIpc) is 3.30. The van der Waals surface area contributed by atoms with E-state index >= 15 is 0 Å². The van der Waals surface area contributed by atoms with E-state index in [0.29, 0.717) is 46.7 Å². The van der Waals surface area contributed by atoms with Crippen LogP contribution in [0, 0.1) is 0 Å². The number of benzene rings is 3. The first kappa shape index (κ1) is 34.9. The summed E-state index contributed by atoms with van der Waals surface area (Å²) in [5.41, 5.74) is 2.47. The average molecular weight is 677 g/mol. The molecule has 3 aromatic rings. The Hall–Kier alpha value is -4.46. The minimum Gasteiger partial charge on any atom is -0.758 e. The van der Waals surface area contributed by atoms with Crippen molar-refractivity contribution in [3.05, 3.63) is 82.9 Å². The Balaban J connectivity index is 1.49. The Morgan fingerprint density at radius 1 is 0.854 bits per heavy atom. The van der Waals surface area contributed by atoms with Crippen molar-refractivity contribution in [2.45, 2.75) is 50.5 Å². The number of carboxylic acids is 1. The lowest BCUT2D eigenvalue weighted by atomic mass is 9.75. The van der Waals surface area contributed by atoms with Gasteiger partial charge in [0.1, 0.15) is 17.0 Å². The smallest absolute Gasteiger partial charge is 0.303 e. The van der Waals surface area contributed by atoms with Crippen molar-refractivity contribution < 1.29 is 33.0 Å². The lowest BCUT2D eigenvalue weighted by Crippen LogP contribution is -2.57. The molecule has 1 spiro atoms. The van der Waals surface area contributed by atoms with Crippen LogP contribution in [-0.2, 0) is 26.4 Å². The number of nitrogens with zero attached hydrogens (tertiary/aromatic N) is 4. The molecule has 12 nitrogen and oxygen atoms in total. The van der Waals surface area contributed by atoms with E-state index in [1.54, 1.807) is 12.1 Å². The Kier molecular flexibility index (Phi) is 10.7. The maximum atomic E-state index is 14.4. The van der Waals surface area contributed by atoms with E-state index in [1.165, 1.54) is 5.01 Å². The zero-order valence-electron chi connectivity index (χ0n) is 27.7. The highest BCUT2D eigenvalue weighted by molar-refractivity contribution is 7.76. The van der Waals surface area contributed by atoms with Crippen LogP contribution in [0.1, 0.15) is 72.0 Å². The molecule has 0 fully saturated rings. The molecule has 2 heterocycles. The summed E-state index contributed by atoms with van der Waals surface area (Å²) in [6.07, 6.45) is 3.84. The molecule has 5 rings (SSSR count). The summed E-state index contributed by atoms with van der Waals surface area (Å²) in [4.78, 5) is 41.9. The van der Waals surface area contributed by atoms with E-state index in [9.17, 15) is 23.1 Å². The summed E-state index contributed by atoms with van der Waals surface area (Å²) < 4.78 is 33.6. The molecule has 48 heavy (non-hydrogen) atoms. The number of carboxylic acid groups (broad SMARTS) is 1. The molecule has 2 aliphatic heterocycles. The molecule has 0 radical (unpaired) electrons. The molecule has 1 unspecified atom stereocenters. The highest BCUT2D eigenvalue weighted by atomic mass is 32.2. The zero-order valence-corrected chi connectivity index (χ0v) is 28.5.